The maximum absolute atomic E-state index is 13.6. The molecule has 0 saturated heterocycles. The number of amides is 5. The number of aliphatic hydroxyl groups is 1. The van der Waals surface area contributed by atoms with Crippen LogP contribution >= 0.6 is 0 Å². The number of anilines is 3. The second-order valence-electron chi connectivity index (χ2n) is 10.1. The van der Waals surface area contributed by atoms with E-state index in [2.05, 4.69) is 16.0 Å². The fraction of sp³-hybridized carbons (Fsp3) is 0.300. The molecule has 0 radical (unpaired) electrons. The number of urea groups is 2. The fourth-order valence-electron chi connectivity index (χ4n) is 4.47. The van der Waals surface area contributed by atoms with Gasteiger partial charge < -0.3 is 35.6 Å². The van der Waals surface area contributed by atoms with E-state index in [1.165, 1.54) is 29.2 Å². The largest absolute Gasteiger partial charge is 0.485 e. The van der Waals surface area contributed by atoms with Gasteiger partial charge in [-0.05, 0) is 55.5 Å². The van der Waals surface area contributed by atoms with Gasteiger partial charge in [0.2, 0.25) is 0 Å². The summed E-state index contributed by atoms with van der Waals surface area (Å²) < 4.78 is 19.7. The molecule has 1 heterocycles. The molecule has 0 aliphatic carbocycles. The molecule has 0 bridgehead atoms. The van der Waals surface area contributed by atoms with Crippen molar-refractivity contribution in [1.82, 2.24) is 9.80 Å². The molecular weight excluding hydrogens is 529 g/mol. The zero-order chi connectivity index (χ0) is 29.5. The zero-order valence-corrected chi connectivity index (χ0v) is 23.1. The van der Waals surface area contributed by atoms with E-state index in [0.717, 1.165) is 0 Å². The average molecular weight is 564 g/mol. The first-order valence-corrected chi connectivity index (χ1v) is 13.3. The van der Waals surface area contributed by atoms with Crippen molar-refractivity contribution in [1.29, 1.82) is 0 Å². The highest BCUT2D eigenvalue weighted by Gasteiger charge is 2.35. The van der Waals surface area contributed by atoms with E-state index in [-0.39, 0.29) is 54.6 Å². The maximum atomic E-state index is 13.6. The van der Waals surface area contributed by atoms with Crippen LogP contribution in [0, 0.1) is 11.7 Å². The average Bonchev–Trinajstić information content (AvgIpc) is 2.96. The van der Waals surface area contributed by atoms with Crippen LogP contribution in [0.3, 0.4) is 0 Å². The molecule has 0 aromatic heterocycles. The van der Waals surface area contributed by atoms with E-state index in [0.29, 0.717) is 11.4 Å². The van der Waals surface area contributed by atoms with Gasteiger partial charge in [0.1, 0.15) is 11.9 Å². The van der Waals surface area contributed by atoms with Crippen LogP contribution in [0.15, 0.2) is 72.8 Å². The molecule has 0 saturated carbocycles. The van der Waals surface area contributed by atoms with E-state index in [4.69, 9.17) is 4.74 Å². The highest BCUT2D eigenvalue weighted by molar-refractivity contribution is 6.04. The minimum atomic E-state index is -0.618. The van der Waals surface area contributed by atoms with Gasteiger partial charge in [0.25, 0.3) is 5.91 Å². The Morgan fingerprint density at radius 1 is 1.02 bits per heavy atom. The van der Waals surface area contributed by atoms with Gasteiger partial charge in [-0.15, -0.1) is 0 Å². The predicted octanol–water partition coefficient (Wildman–Crippen LogP) is 4.85. The molecule has 4 rings (SSSR count). The number of nitrogens with zero attached hydrogens (tertiary/aromatic N) is 2. The number of benzene rings is 3. The molecule has 0 spiro atoms. The van der Waals surface area contributed by atoms with Gasteiger partial charge in [0, 0.05) is 30.9 Å². The van der Waals surface area contributed by atoms with Crippen LogP contribution < -0.4 is 20.7 Å². The lowest BCUT2D eigenvalue weighted by atomic mass is 9.99. The van der Waals surface area contributed by atoms with Crippen LogP contribution in [-0.4, -0.2) is 71.8 Å². The second kappa shape index (κ2) is 13.1. The first-order chi connectivity index (χ1) is 19.7. The third-order valence-electron chi connectivity index (χ3n) is 6.87. The number of hydrogen-bond donors (Lipinski definition) is 4. The normalized spacial score (nSPS) is 17.3. The van der Waals surface area contributed by atoms with Gasteiger partial charge >= 0.3 is 12.1 Å². The molecule has 4 N–H and O–H groups in total. The van der Waals surface area contributed by atoms with Gasteiger partial charge in [-0.1, -0.05) is 31.2 Å². The predicted molar refractivity (Wildman–Crippen MR) is 155 cm³/mol. The number of carbonyl (C=O) groups is 3. The van der Waals surface area contributed by atoms with E-state index in [9.17, 15) is 23.9 Å². The van der Waals surface area contributed by atoms with Crippen LogP contribution in [0.25, 0.3) is 0 Å². The number of carbonyl (C=O) groups excluding carboxylic acids is 3. The number of fused-ring (bicyclic) bond motifs is 1. The first-order valence-electron chi connectivity index (χ1n) is 13.3. The summed E-state index contributed by atoms with van der Waals surface area (Å²) in [7, 11) is 1.65. The van der Waals surface area contributed by atoms with Gasteiger partial charge in [0.05, 0.1) is 30.4 Å². The highest BCUT2D eigenvalue weighted by Crippen LogP contribution is 2.35. The molecule has 216 valence electrons. The zero-order valence-electron chi connectivity index (χ0n) is 23.1. The van der Waals surface area contributed by atoms with E-state index >= 15 is 0 Å². The Morgan fingerprint density at radius 2 is 1.71 bits per heavy atom. The Labute approximate surface area is 238 Å². The number of para-hydroxylation sites is 2. The quantitative estimate of drug-likeness (QED) is 0.327. The molecule has 10 nitrogen and oxygen atoms in total. The van der Waals surface area contributed by atoms with Crippen LogP contribution in [0.5, 0.6) is 5.75 Å². The monoisotopic (exact) mass is 563 g/mol. The topological polar surface area (TPSA) is 123 Å². The van der Waals surface area contributed by atoms with Crippen molar-refractivity contribution >= 4 is 35.0 Å². The SMILES string of the molecule is C[C@H]1CN([C@@H](C)CO)C(=O)c2cccc(NC(=O)Nc3ccc(F)cc3)c2O[C@H]1CN(C)C(=O)Nc1ccccc1. The van der Waals surface area contributed by atoms with Gasteiger partial charge in [-0.2, -0.15) is 0 Å². The standard InChI is InChI=1S/C30H34FN5O5/c1-19-16-36(20(2)18-37)28(38)24-10-7-11-25(34-29(39)32-23-14-12-21(31)13-15-23)27(24)41-26(19)17-35(3)30(40)33-22-8-5-4-6-9-22/h4-15,19-20,26,37H,16-18H2,1-3H3,(H,33,40)(H2,32,34,39)/t19-,20-,26-/m0/s1. The number of hydrogen-bond acceptors (Lipinski definition) is 5. The van der Waals surface area contributed by atoms with Crippen molar-refractivity contribution in [3.63, 3.8) is 0 Å². The molecule has 0 unspecified atom stereocenters. The minimum absolute atomic E-state index is 0.148. The molecule has 5 amide bonds. The van der Waals surface area contributed by atoms with Crippen molar-refractivity contribution in [3.05, 3.63) is 84.2 Å². The molecule has 11 heteroatoms. The number of nitrogens with one attached hydrogen (secondary N) is 3. The van der Waals surface area contributed by atoms with E-state index in [1.807, 2.05) is 25.1 Å². The third-order valence-corrected chi connectivity index (χ3v) is 6.87. The maximum Gasteiger partial charge on any atom is 0.323 e. The van der Waals surface area contributed by atoms with Crippen LogP contribution in [0.1, 0.15) is 24.2 Å². The summed E-state index contributed by atoms with van der Waals surface area (Å²) >= 11 is 0. The number of ether oxygens (including phenoxy) is 1. The lowest BCUT2D eigenvalue weighted by molar-refractivity contribution is 0.0373. The highest BCUT2D eigenvalue weighted by atomic mass is 19.1. The summed E-state index contributed by atoms with van der Waals surface area (Å²) in [5, 5.41) is 18.1. The Kier molecular flexibility index (Phi) is 9.41. The van der Waals surface area contributed by atoms with Gasteiger partial charge in [0.15, 0.2) is 5.75 Å². The summed E-state index contributed by atoms with van der Waals surface area (Å²) in [5.74, 6) is -0.898. The molecule has 0 fully saturated rings. The van der Waals surface area contributed by atoms with Gasteiger partial charge in [-0.3, -0.25) is 4.79 Å². The molecule has 1 aliphatic rings. The van der Waals surface area contributed by atoms with Crippen molar-refractivity contribution in [3.8, 4) is 5.75 Å². The molecule has 1 aliphatic heterocycles. The second-order valence-corrected chi connectivity index (χ2v) is 10.1. The number of likely N-dealkylation sites (N-methyl/N-ethyl adjacent to an activating group) is 1. The molecule has 3 aromatic carbocycles. The van der Waals surface area contributed by atoms with Crippen LogP contribution in [-0.2, 0) is 0 Å². The summed E-state index contributed by atoms with van der Waals surface area (Å²) in [4.78, 5) is 42.5. The Bertz CT molecular complexity index is 1370. The lowest BCUT2D eigenvalue weighted by Crippen LogP contribution is -2.50. The lowest BCUT2D eigenvalue weighted by Gasteiger charge is -2.38. The van der Waals surface area contributed by atoms with Crippen molar-refractivity contribution in [2.75, 3.05) is 42.7 Å². The summed E-state index contributed by atoms with van der Waals surface area (Å²) in [5.41, 5.74) is 1.47. The summed E-state index contributed by atoms with van der Waals surface area (Å²) in [6, 6.07) is 17.7. The van der Waals surface area contributed by atoms with Crippen LogP contribution in [0.4, 0.5) is 31.0 Å². The summed E-state index contributed by atoms with van der Waals surface area (Å²) in [6.45, 7) is 3.86. The van der Waals surface area contributed by atoms with Crippen LogP contribution in [0.2, 0.25) is 0 Å². The Hall–Kier alpha value is -4.64. The van der Waals surface area contributed by atoms with Crippen molar-refractivity contribution < 1.29 is 28.6 Å². The van der Waals surface area contributed by atoms with Gasteiger partial charge in [-0.25, -0.2) is 14.0 Å². The smallest absolute Gasteiger partial charge is 0.323 e. The Balaban J connectivity index is 1.61. The third kappa shape index (κ3) is 7.31. The van der Waals surface area contributed by atoms with Crippen molar-refractivity contribution in [2.45, 2.75) is 26.0 Å². The number of halogens is 1. The summed E-state index contributed by atoms with van der Waals surface area (Å²) in [6.07, 6.45) is -0.579. The molecule has 3 atom stereocenters. The molecule has 41 heavy (non-hydrogen) atoms. The number of aliphatic hydroxyl groups excluding tert-OH is 1. The Morgan fingerprint density at radius 3 is 2.39 bits per heavy atom. The fourth-order valence-corrected chi connectivity index (χ4v) is 4.47. The molecule has 3 aromatic rings. The number of rotatable bonds is 7. The van der Waals surface area contributed by atoms with E-state index < -0.39 is 24.0 Å². The minimum Gasteiger partial charge on any atom is -0.485 e. The van der Waals surface area contributed by atoms with E-state index in [1.54, 1.807) is 49.2 Å². The van der Waals surface area contributed by atoms with Crippen molar-refractivity contribution in [2.24, 2.45) is 5.92 Å². The first kappa shape index (κ1) is 29.3. The molecular formula is C30H34FN5O5.